The average Bonchev–Trinajstić information content (AvgIpc) is 2.36. The number of rotatable bonds is 7. The summed E-state index contributed by atoms with van der Waals surface area (Å²) < 4.78 is 33.5. The molecule has 0 saturated heterocycles. The first-order valence-corrected chi connectivity index (χ1v) is 9.97. The average molecular weight is 353 g/mol. The van der Waals surface area contributed by atoms with Crippen molar-refractivity contribution in [2.75, 3.05) is 34.6 Å². The maximum absolute atomic E-state index is 11.7. The van der Waals surface area contributed by atoms with Gasteiger partial charge in [-0.05, 0) is 18.2 Å². The Labute approximate surface area is 131 Å². The molecule has 21 heavy (non-hydrogen) atoms. The van der Waals surface area contributed by atoms with Gasteiger partial charge in [0.15, 0.2) is 0 Å². The summed E-state index contributed by atoms with van der Waals surface area (Å²) in [5, 5.41) is 3.06. The summed E-state index contributed by atoms with van der Waals surface area (Å²) in [4.78, 5) is 11.7. The third-order valence-corrected chi connectivity index (χ3v) is 5.28. The van der Waals surface area contributed by atoms with Gasteiger partial charge in [-0.25, -0.2) is 8.42 Å². The predicted octanol–water partition coefficient (Wildman–Crippen LogP) is 1.04. The normalized spacial score (nSPS) is 12.9. The van der Waals surface area contributed by atoms with E-state index >= 15 is 0 Å². The Morgan fingerprint density at radius 1 is 1.38 bits per heavy atom. The van der Waals surface area contributed by atoms with Crippen LogP contribution in [0.3, 0.4) is 0 Å². The van der Waals surface area contributed by atoms with Crippen LogP contribution in [0.25, 0.3) is 0 Å². The maximum atomic E-state index is 11.7. The fourth-order valence-electron chi connectivity index (χ4n) is 1.41. The van der Waals surface area contributed by atoms with Crippen LogP contribution in [0.2, 0.25) is 5.02 Å². The maximum Gasteiger partial charge on any atom is 0.225 e. The molecule has 118 valence electrons. The minimum Gasteiger partial charge on any atom is -0.397 e. The monoisotopic (exact) mass is 352 g/mol. The quantitative estimate of drug-likeness (QED) is 0.713. The van der Waals surface area contributed by atoms with Gasteiger partial charge < -0.3 is 11.1 Å². The molecule has 1 aromatic rings. The highest BCUT2D eigenvalue weighted by Gasteiger charge is 2.10. The molecular weight excluding hydrogens is 336 g/mol. The van der Waals surface area contributed by atoms with E-state index in [1.807, 2.05) is 0 Å². The van der Waals surface area contributed by atoms with E-state index in [2.05, 4.69) is 5.32 Å². The van der Waals surface area contributed by atoms with Gasteiger partial charge in [-0.3, -0.25) is 9.00 Å². The molecule has 0 aliphatic carbocycles. The minimum atomic E-state index is -3.14. The fourth-order valence-corrected chi connectivity index (χ4v) is 4.17. The summed E-state index contributed by atoms with van der Waals surface area (Å²) in [5.74, 6) is -0.341. The number of anilines is 2. The van der Waals surface area contributed by atoms with Crippen molar-refractivity contribution < 1.29 is 17.4 Å². The van der Waals surface area contributed by atoms with Crippen LogP contribution in [0.5, 0.6) is 0 Å². The smallest absolute Gasteiger partial charge is 0.225 e. The molecule has 0 aliphatic heterocycles. The van der Waals surface area contributed by atoms with Gasteiger partial charge in [-0.2, -0.15) is 0 Å². The molecule has 0 bridgehead atoms. The number of carbonyl (C=O) groups is 1. The Kier molecular flexibility index (Phi) is 6.63. The standard InChI is InChI=1S/C12H17ClN2O4S2/c1-21(18,19)7-6-20(17)5-4-12(16)15-11-3-2-9(13)8-10(11)14/h2-3,8H,4-7,14H2,1H3,(H,15,16). The molecule has 3 N–H and O–H groups in total. The number of amides is 1. The second-order valence-electron chi connectivity index (χ2n) is 4.51. The number of sulfone groups is 1. The summed E-state index contributed by atoms with van der Waals surface area (Å²) >= 11 is 5.75. The lowest BCUT2D eigenvalue weighted by Crippen LogP contribution is -2.19. The second-order valence-corrected chi connectivity index (χ2v) is 8.90. The first-order chi connectivity index (χ1) is 9.67. The van der Waals surface area contributed by atoms with E-state index in [0.717, 1.165) is 6.26 Å². The van der Waals surface area contributed by atoms with Gasteiger partial charge in [-0.1, -0.05) is 11.6 Å². The molecule has 1 aromatic carbocycles. The van der Waals surface area contributed by atoms with Crippen LogP contribution < -0.4 is 11.1 Å². The molecule has 1 atom stereocenters. The van der Waals surface area contributed by atoms with Crippen LogP contribution in [0.4, 0.5) is 11.4 Å². The summed E-state index contributed by atoms with van der Waals surface area (Å²) in [6, 6.07) is 4.69. The zero-order valence-corrected chi connectivity index (χ0v) is 13.9. The van der Waals surface area contributed by atoms with Gasteiger partial charge in [0.1, 0.15) is 9.84 Å². The van der Waals surface area contributed by atoms with E-state index < -0.39 is 20.6 Å². The second kappa shape index (κ2) is 7.77. The number of halogens is 1. The number of hydrogen-bond acceptors (Lipinski definition) is 5. The molecule has 0 aromatic heterocycles. The highest BCUT2D eigenvalue weighted by molar-refractivity contribution is 7.92. The largest absolute Gasteiger partial charge is 0.397 e. The molecule has 0 saturated carbocycles. The Morgan fingerprint density at radius 2 is 2.05 bits per heavy atom. The van der Waals surface area contributed by atoms with Crippen molar-refractivity contribution in [3.8, 4) is 0 Å². The van der Waals surface area contributed by atoms with Crippen LogP contribution in [0, 0.1) is 0 Å². The van der Waals surface area contributed by atoms with Gasteiger partial charge in [0.25, 0.3) is 0 Å². The van der Waals surface area contributed by atoms with E-state index in [1.54, 1.807) is 12.1 Å². The lowest BCUT2D eigenvalue weighted by molar-refractivity contribution is -0.115. The van der Waals surface area contributed by atoms with Crippen LogP contribution in [-0.2, 0) is 25.4 Å². The molecule has 0 aliphatic rings. The molecule has 1 unspecified atom stereocenters. The van der Waals surface area contributed by atoms with Gasteiger partial charge in [-0.15, -0.1) is 0 Å². The van der Waals surface area contributed by atoms with Crippen LogP contribution >= 0.6 is 11.6 Å². The van der Waals surface area contributed by atoms with E-state index in [9.17, 15) is 17.4 Å². The predicted molar refractivity (Wildman–Crippen MR) is 86.7 cm³/mol. The first-order valence-electron chi connectivity index (χ1n) is 6.05. The Morgan fingerprint density at radius 3 is 2.62 bits per heavy atom. The number of nitrogen functional groups attached to an aromatic ring is 1. The number of carbonyl (C=O) groups excluding carboxylic acids is 1. The van der Waals surface area contributed by atoms with E-state index in [0.29, 0.717) is 16.4 Å². The van der Waals surface area contributed by atoms with Crippen molar-refractivity contribution in [1.82, 2.24) is 0 Å². The highest BCUT2D eigenvalue weighted by Crippen LogP contribution is 2.22. The number of nitrogens with two attached hydrogens (primary N) is 1. The first kappa shape index (κ1) is 17.9. The van der Waals surface area contributed by atoms with Crippen LogP contribution in [0.1, 0.15) is 6.42 Å². The molecule has 0 heterocycles. The van der Waals surface area contributed by atoms with E-state index in [-0.39, 0.29) is 29.6 Å². The van der Waals surface area contributed by atoms with Crippen molar-refractivity contribution in [2.24, 2.45) is 0 Å². The number of nitrogens with one attached hydrogen (secondary N) is 1. The third kappa shape index (κ3) is 7.45. The molecule has 0 fully saturated rings. The zero-order chi connectivity index (χ0) is 16.0. The van der Waals surface area contributed by atoms with Crippen molar-refractivity contribution in [3.05, 3.63) is 23.2 Å². The SMILES string of the molecule is CS(=O)(=O)CCS(=O)CCC(=O)Nc1ccc(Cl)cc1N. The molecule has 0 radical (unpaired) electrons. The molecule has 6 nitrogen and oxygen atoms in total. The molecule has 0 spiro atoms. The summed E-state index contributed by atoms with van der Waals surface area (Å²) in [7, 11) is -4.49. The third-order valence-electron chi connectivity index (χ3n) is 2.53. The van der Waals surface area contributed by atoms with Crippen LogP contribution in [0.15, 0.2) is 18.2 Å². The number of hydrogen-bond donors (Lipinski definition) is 2. The highest BCUT2D eigenvalue weighted by atomic mass is 35.5. The fraction of sp³-hybridized carbons (Fsp3) is 0.417. The van der Waals surface area contributed by atoms with Gasteiger partial charge >= 0.3 is 0 Å². The van der Waals surface area contributed by atoms with Crippen molar-refractivity contribution >= 4 is 49.5 Å². The van der Waals surface area contributed by atoms with Crippen molar-refractivity contribution in [1.29, 1.82) is 0 Å². The van der Waals surface area contributed by atoms with Gasteiger partial charge in [0.05, 0.1) is 17.1 Å². The van der Waals surface area contributed by atoms with E-state index in [1.165, 1.54) is 6.07 Å². The minimum absolute atomic E-state index is 0.0262. The lowest BCUT2D eigenvalue weighted by atomic mass is 10.2. The van der Waals surface area contributed by atoms with E-state index in [4.69, 9.17) is 17.3 Å². The Bertz CT molecular complexity index is 647. The molecular formula is C12H17ClN2O4S2. The van der Waals surface area contributed by atoms with Crippen LogP contribution in [-0.4, -0.2) is 42.0 Å². The Balaban J connectivity index is 2.42. The van der Waals surface area contributed by atoms with Gasteiger partial charge in [0, 0.05) is 40.0 Å². The lowest BCUT2D eigenvalue weighted by Gasteiger charge is -2.08. The van der Waals surface area contributed by atoms with Gasteiger partial charge in [0.2, 0.25) is 5.91 Å². The summed E-state index contributed by atoms with van der Waals surface area (Å²) in [6.07, 6.45) is 1.11. The topological polar surface area (TPSA) is 106 Å². The zero-order valence-electron chi connectivity index (χ0n) is 11.5. The Hall–Kier alpha value is -1.12. The van der Waals surface area contributed by atoms with Crippen molar-refractivity contribution in [2.45, 2.75) is 6.42 Å². The summed E-state index contributed by atoms with van der Waals surface area (Å²) in [5.41, 5.74) is 6.47. The van der Waals surface area contributed by atoms with Crippen molar-refractivity contribution in [3.63, 3.8) is 0 Å². The number of benzene rings is 1. The summed E-state index contributed by atoms with van der Waals surface area (Å²) in [6.45, 7) is 0. The molecule has 1 rings (SSSR count). The molecule has 1 amide bonds. The molecule has 9 heteroatoms.